The molecule has 0 saturated heterocycles. The van der Waals surface area contributed by atoms with Crippen LogP contribution in [-0.4, -0.2) is 52.0 Å². The van der Waals surface area contributed by atoms with Gasteiger partial charge in [-0.1, -0.05) is 26.0 Å². The van der Waals surface area contributed by atoms with Gasteiger partial charge in [-0.15, -0.1) is 23.4 Å². The molecule has 0 amide bonds. The lowest BCUT2D eigenvalue weighted by Crippen LogP contribution is -2.47. The van der Waals surface area contributed by atoms with Crippen LogP contribution in [-0.2, 0) is 4.74 Å². The summed E-state index contributed by atoms with van der Waals surface area (Å²) in [5.41, 5.74) is 0.349. The molecule has 0 N–H and O–H groups in total. The number of nitrogens with zero attached hydrogens (tertiary/aromatic N) is 5. The van der Waals surface area contributed by atoms with E-state index in [4.69, 9.17) is 4.74 Å². The second-order valence-electron chi connectivity index (χ2n) is 8.72. The van der Waals surface area contributed by atoms with Crippen LogP contribution in [0.5, 0.6) is 5.75 Å². The van der Waals surface area contributed by atoms with Gasteiger partial charge in [0.1, 0.15) is 11.4 Å². The number of esters is 1. The van der Waals surface area contributed by atoms with Crippen LogP contribution in [0, 0.1) is 0 Å². The molecule has 0 bridgehead atoms. The first-order valence-corrected chi connectivity index (χ1v) is 12.9. The second kappa shape index (κ2) is 8.15. The number of halogens is 3. The van der Waals surface area contributed by atoms with Crippen LogP contribution in [0.3, 0.4) is 0 Å². The quantitative estimate of drug-likeness (QED) is 0.392. The van der Waals surface area contributed by atoms with Crippen LogP contribution >= 0.6 is 0 Å². The summed E-state index contributed by atoms with van der Waals surface area (Å²) in [4.78, 5) is 17.0. The highest BCUT2D eigenvalue weighted by molar-refractivity contribution is 6.78. The SMILES string of the molecule is CCOC(=O)c1cc2ccc(OC(F)(F)F)cc2nc1-c1nnn([Si](C)(C)C(C)(C)C)n1. The van der Waals surface area contributed by atoms with Gasteiger partial charge in [0.05, 0.1) is 17.7 Å². The van der Waals surface area contributed by atoms with Crippen molar-refractivity contribution in [3.8, 4) is 17.3 Å². The molecule has 0 radical (unpaired) electrons. The summed E-state index contributed by atoms with van der Waals surface area (Å²) < 4.78 is 48.6. The van der Waals surface area contributed by atoms with Crippen LogP contribution < -0.4 is 4.74 Å². The molecule has 0 unspecified atom stereocenters. The van der Waals surface area contributed by atoms with E-state index >= 15 is 0 Å². The zero-order valence-electron chi connectivity index (χ0n) is 18.6. The Morgan fingerprint density at radius 3 is 2.44 bits per heavy atom. The Morgan fingerprint density at radius 1 is 1.16 bits per heavy atom. The van der Waals surface area contributed by atoms with Gasteiger partial charge in [-0.05, 0) is 43.3 Å². The van der Waals surface area contributed by atoms with Crippen LogP contribution in [0.15, 0.2) is 24.3 Å². The van der Waals surface area contributed by atoms with Gasteiger partial charge in [-0.3, -0.25) is 0 Å². The fraction of sp³-hybridized carbons (Fsp3) is 0.450. The normalized spacial score (nSPS) is 12.8. The van der Waals surface area contributed by atoms with Crippen molar-refractivity contribution in [3.05, 3.63) is 29.8 Å². The standard InChI is InChI=1S/C20H24F3N5O3Si/c1-7-30-18(29)14-10-12-8-9-13(31-20(21,22)23)11-15(12)24-16(14)17-25-27-28(26-17)32(5,6)19(2,3)4/h8-11H,7H2,1-6H3. The van der Waals surface area contributed by atoms with Gasteiger partial charge in [0.15, 0.2) is 0 Å². The number of aromatic nitrogens is 5. The highest BCUT2D eigenvalue weighted by Gasteiger charge is 2.41. The zero-order chi connectivity index (χ0) is 23.9. The summed E-state index contributed by atoms with van der Waals surface area (Å²) in [5, 5.41) is 13.1. The Balaban J connectivity index is 2.17. The van der Waals surface area contributed by atoms with E-state index in [0.717, 1.165) is 12.1 Å². The molecule has 3 rings (SSSR count). The molecule has 0 aliphatic heterocycles. The maximum atomic E-state index is 12.6. The maximum Gasteiger partial charge on any atom is 0.573 e. The van der Waals surface area contributed by atoms with Crippen molar-refractivity contribution < 1.29 is 27.4 Å². The molecule has 0 aliphatic rings. The smallest absolute Gasteiger partial charge is 0.462 e. The van der Waals surface area contributed by atoms with E-state index in [1.54, 1.807) is 11.4 Å². The first-order chi connectivity index (χ1) is 14.7. The minimum absolute atomic E-state index is 0.0741. The highest BCUT2D eigenvalue weighted by Crippen LogP contribution is 2.36. The van der Waals surface area contributed by atoms with Gasteiger partial charge in [-0.2, -0.15) is 0 Å². The summed E-state index contributed by atoms with van der Waals surface area (Å²) in [5.74, 6) is -0.983. The number of fused-ring (bicyclic) bond motifs is 1. The molecule has 0 spiro atoms. The molecule has 0 fully saturated rings. The van der Waals surface area contributed by atoms with Crippen molar-refractivity contribution in [3.63, 3.8) is 0 Å². The topological polar surface area (TPSA) is 92.0 Å². The van der Waals surface area contributed by atoms with E-state index in [2.05, 4.69) is 59.0 Å². The largest absolute Gasteiger partial charge is 0.573 e. The molecule has 1 aromatic carbocycles. The molecule has 3 aromatic rings. The Labute approximate surface area is 183 Å². The predicted molar refractivity (Wildman–Crippen MR) is 114 cm³/mol. The molecule has 172 valence electrons. The molecule has 8 nitrogen and oxygen atoms in total. The number of rotatable bonds is 5. The van der Waals surface area contributed by atoms with Gasteiger partial charge < -0.3 is 9.47 Å². The van der Waals surface area contributed by atoms with Crippen LogP contribution in [0.25, 0.3) is 22.4 Å². The summed E-state index contributed by atoms with van der Waals surface area (Å²) in [7, 11) is -2.20. The Morgan fingerprint density at radius 2 is 1.84 bits per heavy atom. The minimum atomic E-state index is -4.84. The predicted octanol–water partition coefficient (Wildman–Crippen LogP) is 4.82. The zero-order valence-corrected chi connectivity index (χ0v) is 19.6. The fourth-order valence-corrected chi connectivity index (χ4v) is 3.94. The molecule has 0 atom stereocenters. The molecule has 0 saturated carbocycles. The fourth-order valence-electron chi connectivity index (χ4n) is 2.72. The molecule has 2 heterocycles. The lowest BCUT2D eigenvalue weighted by atomic mass is 10.1. The third-order valence-corrected chi connectivity index (χ3v) is 10.3. The van der Waals surface area contributed by atoms with Gasteiger partial charge in [0.25, 0.3) is 0 Å². The van der Waals surface area contributed by atoms with Gasteiger partial charge in [0, 0.05) is 11.5 Å². The molecular formula is C20H24F3N5O3Si. The molecule has 32 heavy (non-hydrogen) atoms. The van der Waals surface area contributed by atoms with E-state index in [1.165, 1.54) is 12.1 Å². The van der Waals surface area contributed by atoms with E-state index in [0.29, 0.717) is 5.39 Å². The third kappa shape index (κ3) is 4.74. The van der Waals surface area contributed by atoms with E-state index < -0.39 is 26.3 Å². The van der Waals surface area contributed by atoms with Gasteiger partial charge >= 0.3 is 12.3 Å². The van der Waals surface area contributed by atoms with Crippen molar-refractivity contribution in [2.45, 2.75) is 52.2 Å². The van der Waals surface area contributed by atoms with E-state index in [1.807, 2.05) is 0 Å². The maximum absolute atomic E-state index is 12.6. The number of alkyl halides is 3. The highest BCUT2D eigenvalue weighted by atomic mass is 28.3. The monoisotopic (exact) mass is 467 g/mol. The van der Waals surface area contributed by atoms with Gasteiger partial charge in [-0.25, -0.2) is 14.2 Å². The van der Waals surface area contributed by atoms with Crippen molar-refractivity contribution in [1.82, 2.24) is 24.9 Å². The average Bonchev–Trinajstić information content (AvgIpc) is 3.15. The van der Waals surface area contributed by atoms with Crippen molar-refractivity contribution in [2.24, 2.45) is 0 Å². The number of ether oxygens (including phenoxy) is 2. The van der Waals surface area contributed by atoms with Crippen molar-refractivity contribution >= 4 is 25.1 Å². The average molecular weight is 468 g/mol. The molecule has 0 aliphatic carbocycles. The number of tetrazole rings is 1. The Hall–Kier alpha value is -3.02. The number of pyridine rings is 1. The number of carbonyl (C=O) groups is 1. The van der Waals surface area contributed by atoms with Crippen molar-refractivity contribution in [2.75, 3.05) is 6.61 Å². The molecule has 12 heteroatoms. The van der Waals surface area contributed by atoms with E-state index in [9.17, 15) is 18.0 Å². The summed E-state index contributed by atoms with van der Waals surface area (Å²) in [6.07, 6.45) is -4.84. The number of hydrogen-bond acceptors (Lipinski definition) is 7. The Bertz CT molecular complexity index is 1160. The Kier molecular flexibility index (Phi) is 6.02. The number of carbonyl (C=O) groups excluding carboxylic acids is 1. The lowest BCUT2D eigenvalue weighted by Gasteiger charge is -2.34. The minimum Gasteiger partial charge on any atom is -0.462 e. The summed E-state index contributed by atoms with van der Waals surface area (Å²) >= 11 is 0. The first kappa shape index (κ1) is 23.6. The van der Waals surface area contributed by atoms with Crippen molar-refractivity contribution in [1.29, 1.82) is 0 Å². The molecule has 2 aromatic heterocycles. The molecular weight excluding hydrogens is 443 g/mol. The van der Waals surface area contributed by atoms with Crippen LogP contribution in [0.1, 0.15) is 38.1 Å². The summed E-state index contributed by atoms with van der Waals surface area (Å²) in [6.45, 7) is 12.2. The first-order valence-electron chi connectivity index (χ1n) is 9.91. The second-order valence-corrected chi connectivity index (χ2v) is 13.7. The van der Waals surface area contributed by atoms with Crippen LogP contribution in [0.4, 0.5) is 13.2 Å². The summed E-state index contributed by atoms with van der Waals surface area (Å²) in [6, 6.07) is 5.16. The number of benzene rings is 1. The van der Waals surface area contributed by atoms with Crippen LogP contribution in [0.2, 0.25) is 18.1 Å². The van der Waals surface area contributed by atoms with Gasteiger partial charge in [0.2, 0.25) is 14.1 Å². The third-order valence-electron chi connectivity index (χ3n) is 5.48. The number of hydrogen-bond donors (Lipinski definition) is 0. The van der Waals surface area contributed by atoms with E-state index in [-0.39, 0.29) is 34.2 Å². The lowest BCUT2D eigenvalue weighted by molar-refractivity contribution is -0.274.